The molecule has 178 valence electrons. The van der Waals surface area contributed by atoms with E-state index in [0.717, 1.165) is 35.7 Å². The molecule has 0 spiro atoms. The van der Waals surface area contributed by atoms with Crippen molar-refractivity contribution in [2.24, 2.45) is 0 Å². The van der Waals surface area contributed by atoms with Crippen molar-refractivity contribution in [3.63, 3.8) is 0 Å². The van der Waals surface area contributed by atoms with Crippen LogP contribution in [0.5, 0.6) is 5.75 Å². The average Bonchev–Trinajstić information content (AvgIpc) is 2.80. The van der Waals surface area contributed by atoms with Gasteiger partial charge in [-0.25, -0.2) is 0 Å². The summed E-state index contributed by atoms with van der Waals surface area (Å²) in [4.78, 5) is 28.1. The Balaban J connectivity index is 1.76. The molecule has 3 rings (SSSR count). The smallest absolute Gasteiger partial charge is 0.261 e. The summed E-state index contributed by atoms with van der Waals surface area (Å²) in [5.74, 6) is 0.0160. The van der Waals surface area contributed by atoms with Crippen molar-refractivity contribution in [3.05, 3.63) is 62.5 Å². The second-order valence-corrected chi connectivity index (χ2v) is 10.0. The van der Waals surface area contributed by atoms with Gasteiger partial charge >= 0.3 is 0 Å². The molecule has 2 amide bonds. The van der Waals surface area contributed by atoms with E-state index < -0.39 is 6.04 Å². The van der Waals surface area contributed by atoms with Crippen LogP contribution in [0, 0.1) is 0 Å². The Hall–Kier alpha value is -1.76. The van der Waals surface area contributed by atoms with Crippen molar-refractivity contribution in [1.82, 2.24) is 10.2 Å². The molecular formula is C25H29BrCl2N2O3. The van der Waals surface area contributed by atoms with Gasteiger partial charge in [0, 0.05) is 22.1 Å². The van der Waals surface area contributed by atoms with Gasteiger partial charge in [-0.15, -0.1) is 0 Å². The normalized spacial score (nSPS) is 15.0. The number of carbonyl (C=O) groups excluding carboxylic acids is 2. The molecule has 0 heterocycles. The van der Waals surface area contributed by atoms with E-state index in [1.807, 2.05) is 19.1 Å². The molecule has 1 aliphatic rings. The van der Waals surface area contributed by atoms with E-state index in [1.165, 1.54) is 6.42 Å². The van der Waals surface area contributed by atoms with Gasteiger partial charge in [-0.2, -0.15) is 0 Å². The number of ether oxygens (including phenoxy) is 1. The summed E-state index contributed by atoms with van der Waals surface area (Å²) in [6.07, 6.45) is 5.92. The highest BCUT2D eigenvalue weighted by Crippen LogP contribution is 2.28. The lowest BCUT2D eigenvalue weighted by atomic mass is 9.95. The van der Waals surface area contributed by atoms with Crippen molar-refractivity contribution in [2.45, 2.75) is 64.1 Å². The monoisotopic (exact) mass is 554 g/mol. The summed E-state index contributed by atoms with van der Waals surface area (Å²) in [6, 6.07) is 12.1. The number of hydrogen-bond donors (Lipinski definition) is 1. The van der Waals surface area contributed by atoms with E-state index in [0.29, 0.717) is 22.2 Å². The second-order valence-electron chi connectivity index (χ2n) is 8.28. The maximum Gasteiger partial charge on any atom is 0.261 e. The van der Waals surface area contributed by atoms with Crippen LogP contribution in [-0.2, 0) is 16.1 Å². The minimum atomic E-state index is -0.598. The SMILES string of the molecule is CC[C@H](C(=O)NC1CCCCC1)N(Cc1ccc(Cl)cc1)C(=O)COc1ccc(Br)cc1Cl. The second kappa shape index (κ2) is 12.6. The molecule has 0 bridgehead atoms. The fraction of sp³-hybridized carbons (Fsp3) is 0.440. The average molecular weight is 556 g/mol. The first-order valence-corrected chi connectivity index (χ1v) is 12.8. The van der Waals surface area contributed by atoms with Crippen molar-refractivity contribution in [1.29, 1.82) is 0 Å². The van der Waals surface area contributed by atoms with Gasteiger partial charge in [0.05, 0.1) is 5.02 Å². The summed E-state index contributed by atoms with van der Waals surface area (Å²) < 4.78 is 6.54. The molecule has 2 aromatic carbocycles. The van der Waals surface area contributed by atoms with Crippen molar-refractivity contribution in [3.8, 4) is 5.75 Å². The Morgan fingerprint density at radius 3 is 2.45 bits per heavy atom. The van der Waals surface area contributed by atoms with Crippen LogP contribution in [0.3, 0.4) is 0 Å². The van der Waals surface area contributed by atoms with Gasteiger partial charge in [-0.1, -0.05) is 77.5 Å². The minimum absolute atomic E-state index is 0.117. The van der Waals surface area contributed by atoms with E-state index in [9.17, 15) is 9.59 Å². The van der Waals surface area contributed by atoms with Gasteiger partial charge < -0.3 is 15.0 Å². The topological polar surface area (TPSA) is 58.6 Å². The third-order valence-corrected chi connectivity index (χ3v) is 6.89. The third-order valence-electron chi connectivity index (χ3n) is 5.85. The van der Waals surface area contributed by atoms with Crippen LogP contribution in [0.25, 0.3) is 0 Å². The molecule has 2 aromatic rings. The number of carbonyl (C=O) groups is 2. The Labute approximate surface area is 213 Å². The van der Waals surface area contributed by atoms with E-state index in [1.54, 1.807) is 35.2 Å². The maximum absolute atomic E-state index is 13.3. The molecular weight excluding hydrogens is 527 g/mol. The van der Waals surface area contributed by atoms with Crippen molar-refractivity contribution < 1.29 is 14.3 Å². The first-order valence-electron chi connectivity index (χ1n) is 11.3. The lowest BCUT2D eigenvalue weighted by Crippen LogP contribution is -2.52. The van der Waals surface area contributed by atoms with Gasteiger partial charge in [0.25, 0.3) is 5.91 Å². The van der Waals surface area contributed by atoms with Gasteiger partial charge in [-0.3, -0.25) is 9.59 Å². The molecule has 0 unspecified atom stereocenters. The lowest BCUT2D eigenvalue weighted by molar-refractivity contribution is -0.143. The highest BCUT2D eigenvalue weighted by Gasteiger charge is 2.30. The Morgan fingerprint density at radius 2 is 1.82 bits per heavy atom. The van der Waals surface area contributed by atoms with Crippen molar-refractivity contribution >= 4 is 50.9 Å². The van der Waals surface area contributed by atoms with Crippen LogP contribution in [0.15, 0.2) is 46.9 Å². The molecule has 33 heavy (non-hydrogen) atoms. The molecule has 0 saturated heterocycles. The number of benzene rings is 2. The quantitative estimate of drug-likeness (QED) is 0.390. The van der Waals surface area contributed by atoms with Gasteiger partial charge in [0.2, 0.25) is 5.91 Å². The summed E-state index contributed by atoms with van der Waals surface area (Å²) >= 11 is 15.6. The molecule has 1 fully saturated rings. The zero-order chi connectivity index (χ0) is 23.8. The van der Waals surface area contributed by atoms with E-state index in [-0.39, 0.29) is 31.0 Å². The molecule has 5 nitrogen and oxygen atoms in total. The number of rotatable bonds is 9. The molecule has 0 aliphatic heterocycles. The number of hydrogen-bond acceptors (Lipinski definition) is 3. The maximum atomic E-state index is 13.3. The molecule has 1 N–H and O–H groups in total. The van der Waals surface area contributed by atoms with Gasteiger partial charge in [0.1, 0.15) is 11.8 Å². The highest BCUT2D eigenvalue weighted by atomic mass is 79.9. The number of nitrogens with one attached hydrogen (secondary N) is 1. The number of nitrogens with zero attached hydrogens (tertiary/aromatic N) is 1. The van der Waals surface area contributed by atoms with E-state index in [2.05, 4.69) is 21.2 Å². The molecule has 1 aliphatic carbocycles. The molecule has 0 radical (unpaired) electrons. The fourth-order valence-electron chi connectivity index (χ4n) is 4.06. The Kier molecular flexibility index (Phi) is 9.90. The van der Waals surface area contributed by atoms with Gasteiger partial charge in [0.15, 0.2) is 6.61 Å². The first kappa shape index (κ1) is 25.9. The Bertz CT molecular complexity index is 949. The number of amides is 2. The molecule has 8 heteroatoms. The van der Waals surface area contributed by atoms with E-state index >= 15 is 0 Å². The lowest BCUT2D eigenvalue weighted by Gasteiger charge is -2.32. The third kappa shape index (κ3) is 7.62. The zero-order valence-electron chi connectivity index (χ0n) is 18.7. The Morgan fingerprint density at radius 1 is 1.12 bits per heavy atom. The first-order chi connectivity index (χ1) is 15.9. The fourth-order valence-corrected chi connectivity index (χ4v) is 4.92. The highest BCUT2D eigenvalue weighted by molar-refractivity contribution is 9.10. The van der Waals surface area contributed by atoms with Crippen LogP contribution in [0.2, 0.25) is 10.0 Å². The molecule has 1 saturated carbocycles. The predicted molar refractivity (Wildman–Crippen MR) is 136 cm³/mol. The molecule has 1 atom stereocenters. The summed E-state index contributed by atoms with van der Waals surface area (Å²) in [5.41, 5.74) is 0.887. The van der Waals surface area contributed by atoms with Crippen LogP contribution in [-0.4, -0.2) is 35.4 Å². The van der Waals surface area contributed by atoms with Crippen molar-refractivity contribution in [2.75, 3.05) is 6.61 Å². The van der Waals surface area contributed by atoms with Crippen LogP contribution < -0.4 is 10.1 Å². The van der Waals surface area contributed by atoms with Crippen LogP contribution >= 0.6 is 39.1 Å². The standard InChI is InChI=1S/C25H29BrCl2N2O3/c1-2-22(25(32)29-20-6-4-3-5-7-20)30(15-17-8-11-19(27)12-9-17)24(31)16-33-23-13-10-18(26)14-21(23)28/h8-14,20,22H,2-7,15-16H2,1H3,(H,29,32)/t22-/m1/s1. The largest absolute Gasteiger partial charge is 0.482 e. The van der Waals surface area contributed by atoms with Crippen LogP contribution in [0.4, 0.5) is 0 Å². The zero-order valence-corrected chi connectivity index (χ0v) is 21.8. The summed E-state index contributed by atoms with van der Waals surface area (Å²) in [5, 5.41) is 4.19. The minimum Gasteiger partial charge on any atom is -0.482 e. The van der Waals surface area contributed by atoms with E-state index in [4.69, 9.17) is 27.9 Å². The predicted octanol–water partition coefficient (Wildman–Crippen LogP) is 6.39. The van der Waals surface area contributed by atoms with Gasteiger partial charge in [-0.05, 0) is 55.2 Å². The molecule has 0 aromatic heterocycles. The number of halogens is 3. The summed E-state index contributed by atoms with van der Waals surface area (Å²) in [7, 11) is 0. The summed E-state index contributed by atoms with van der Waals surface area (Å²) in [6.45, 7) is 1.98. The van der Waals surface area contributed by atoms with Crippen LogP contribution in [0.1, 0.15) is 51.0 Å².